The van der Waals surface area contributed by atoms with Crippen molar-refractivity contribution in [1.82, 2.24) is 5.32 Å². The number of halogens is 2. The minimum absolute atomic E-state index is 0.0348. The van der Waals surface area contributed by atoms with E-state index in [9.17, 15) is 13.2 Å². The average molecular weight is 369 g/mol. The summed E-state index contributed by atoms with van der Waals surface area (Å²) < 4.78 is 23.1. The number of carbonyl (C=O) groups is 1. The molecule has 19 heavy (non-hydrogen) atoms. The highest BCUT2D eigenvalue weighted by molar-refractivity contribution is 9.10. The molecule has 1 amide bonds. The van der Waals surface area contributed by atoms with Gasteiger partial charge in [-0.3, -0.25) is 4.79 Å². The lowest BCUT2D eigenvalue weighted by atomic mass is 10.1. The maximum absolute atomic E-state index is 12.0. The summed E-state index contributed by atoms with van der Waals surface area (Å²) in [6, 6.07) is 4.21. The van der Waals surface area contributed by atoms with Crippen molar-refractivity contribution in [3.8, 4) is 0 Å². The van der Waals surface area contributed by atoms with E-state index < -0.39 is 9.05 Å². The van der Waals surface area contributed by atoms with Crippen LogP contribution in [0, 0.1) is 0 Å². The van der Waals surface area contributed by atoms with Gasteiger partial charge in [-0.15, -0.1) is 0 Å². The maximum Gasteiger partial charge on any atom is 0.261 e. The molecule has 0 spiro atoms. The number of rotatable bonds is 5. The van der Waals surface area contributed by atoms with Crippen molar-refractivity contribution in [1.29, 1.82) is 0 Å². The molecular formula is C12H15BrClNO3S. The molecular weight excluding hydrogens is 354 g/mol. The lowest BCUT2D eigenvalue weighted by Crippen LogP contribution is -2.32. The molecule has 0 radical (unpaired) electrons. The molecule has 106 valence electrons. The summed E-state index contributed by atoms with van der Waals surface area (Å²) >= 11 is 3.17. The third kappa shape index (κ3) is 5.12. The molecule has 0 bridgehead atoms. The van der Waals surface area contributed by atoms with Gasteiger partial charge in [0.2, 0.25) is 0 Å². The highest BCUT2D eigenvalue weighted by Crippen LogP contribution is 2.22. The fourth-order valence-electron chi connectivity index (χ4n) is 1.65. The van der Waals surface area contributed by atoms with Crippen molar-refractivity contribution in [2.45, 2.75) is 37.6 Å². The average Bonchev–Trinajstić information content (AvgIpc) is 2.27. The summed E-state index contributed by atoms with van der Waals surface area (Å²) in [5, 5.41) is 2.81. The van der Waals surface area contributed by atoms with Crippen LogP contribution < -0.4 is 5.32 Å². The van der Waals surface area contributed by atoms with Crippen LogP contribution in [-0.2, 0) is 9.05 Å². The quantitative estimate of drug-likeness (QED) is 0.811. The van der Waals surface area contributed by atoms with Gasteiger partial charge >= 0.3 is 0 Å². The van der Waals surface area contributed by atoms with E-state index >= 15 is 0 Å². The highest BCUT2D eigenvalue weighted by Gasteiger charge is 2.16. The molecule has 0 fully saturated rings. The summed E-state index contributed by atoms with van der Waals surface area (Å²) in [7, 11) is 1.42. The first-order valence-corrected chi connectivity index (χ1v) is 8.90. The topological polar surface area (TPSA) is 63.2 Å². The van der Waals surface area contributed by atoms with Gasteiger partial charge in [-0.25, -0.2) is 8.42 Å². The van der Waals surface area contributed by atoms with Crippen molar-refractivity contribution < 1.29 is 13.2 Å². The van der Waals surface area contributed by atoms with Crippen LogP contribution in [0.15, 0.2) is 27.6 Å². The molecule has 0 saturated carbocycles. The Hall–Kier alpha value is -0.590. The first-order valence-electron chi connectivity index (χ1n) is 5.80. The first kappa shape index (κ1) is 16.5. The zero-order valence-electron chi connectivity index (χ0n) is 10.6. The number of carbonyl (C=O) groups excluding carboxylic acids is 1. The summed E-state index contributed by atoms with van der Waals surface area (Å²) in [6.07, 6.45) is 1.82. The Kier molecular flexibility index (Phi) is 5.82. The fourth-order valence-corrected chi connectivity index (χ4v) is 3.09. The number of nitrogens with one attached hydrogen (secondary N) is 1. The molecule has 0 aliphatic heterocycles. The minimum atomic E-state index is -3.86. The number of benzene rings is 1. The van der Waals surface area contributed by atoms with E-state index in [2.05, 4.69) is 21.2 Å². The van der Waals surface area contributed by atoms with E-state index in [1.807, 2.05) is 13.8 Å². The van der Waals surface area contributed by atoms with Gasteiger partial charge in [0.1, 0.15) is 0 Å². The molecule has 1 atom stereocenters. The van der Waals surface area contributed by atoms with Gasteiger partial charge in [-0.2, -0.15) is 0 Å². The minimum Gasteiger partial charge on any atom is -0.350 e. The number of hydrogen-bond donors (Lipinski definition) is 1. The number of amides is 1. The van der Waals surface area contributed by atoms with Crippen molar-refractivity contribution >= 4 is 41.6 Å². The zero-order chi connectivity index (χ0) is 14.6. The van der Waals surface area contributed by atoms with Crippen molar-refractivity contribution in [3.63, 3.8) is 0 Å². The first-order chi connectivity index (χ1) is 8.74. The Balaban J connectivity index is 3.01. The SMILES string of the molecule is CCCC(C)NC(=O)c1cc(Br)cc(S(=O)(=O)Cl)c1. The fraction of sp³-hybridized carbons (Fsp3) is 0.417. The predicted molar refractivity (Wildman–Crippen MR) is 79.0 cm³/mol. The molecule has 4 nitrogen and oxygen atoms in total. The van der Waals surface area contributed by atoms with E-state index in [4.69, 9.17) is 10.7 Å². The Morgan fingerprint density at radius 1 is 1.42 bits per heavy atom. The van der Waals surface area contributed by atoms with Gasteiger partial charge in [-0.1, -0.05) is 29.3 Å². The van der Waals surface area contributed by atoms with Gasteiger partial charge in [0, 0.05) is 26.8 Å². The Morgan fingerprint density at radius 3 is 2.58 bits per heavy atom. The normalized spacial score (nSPS) is 13.1. The van der Waals surface area contributed by atoms with Gasteiger partial charge in [0.25, 0.3) is 15.0 Å². The highest BCUT2D eigenvalue weighted by atomic mass is 79.9. The molecule has 0 aromatic heterocycles. The Morgan fingerprint density at radius 2 is 2.05 bits per heavy atom. The zero-order valence-corrected chi connectivity index (χ0v) is 13.8. The van der Waals surface area contributed by atoms with Crippen LogP contribution in [0.2, 0.25) is 0 Å². The van der Waals surface area contributed by atoms with Crippen molar-refractivity contribution in [2.24, 2.45) is 0 Å². The van der Waals surface area contributed by atoms with Crippen molar-refractivity contribution in [3.05, 3.63) is 28.2 Å². The van der Waals surface area contributed by atoms with Gasteiger partial charge in [0.15, 0.2) is 0 Å². The molecule has 1 aromatic carbocycles. The lowest BCUT2D eigenvalue weighted by molar-refractivity contribution is 0.0938. The van der Waals surface area contributed by atoms with E-state index in [1.54, 1.807) is 6.07 Å². The molecule has 0 aliphatic carbocycles. The third-order valence-electron chi connectivity index (χ3n) is 2.51. The van der Waals surface area contributed by atoms with Crippen LogP contribution in [0.3, 0.4) is 0 Å². The summed E-state index contributed by atoms with van der Waals surface area (Å²) in [6.45, 7) is 3.93. The van der Waals surface area contributed by atoms with Crippen LogP contribution in [0.25, 0.3) is 0 Å². The monoisotopic (exact) mass is 367 g/mol. The summed E-state index contributed by atoms with van der Waals surface area (Å²) in [4.78, 5) is 11.9. The third-order valence-corrected chi connectivity index (χ3v) is 4.31. The van der Waals surface area contributed by atoms with Crippen LogP contribution in [-0.4, -0.2) is 20.4 Å². The second-order valence-corrected chi connectivity index (χ2v) is 7.76. The number of hydrogen-bond acceptors (Lipinski definition) is 3. The summed E-state index contributed by atoms with van der Waals surface area (Å²) in [5.74, 6) is -0.316. The Bertz CT molecular complexity index is 574. The molecule has 7 heteroatoms. The van der Waals surface area contributed by atoms with E-state index in [0.717, 1.165) is 12.8 Å². The molecule has 0 heterocycles. The molecule has 1 aromatic rings. The lowest BCUT2D eigenvalue weighted by Gasteiger charge is -2.13. The van der Waals surface area contributed by atoms with Gasteiger partial charge < -0.3 is 5.32 Å². The largest absolute Gasteiger partial charge is 0.350 e. The molecule has 1 rings (SSSR count). The van der Waals surface area contributed by atoms with Crippen molar-refractivity contribution in [2.75, 3.05) is 0 Å². The Labute approximate surface area is 126 Å². The molecule has 0 saturated heterocycles. The van der Waals surface area contributed by atoms with Crippen LogP contribution in [0.5, 0.6) is 0 Å². The molecule has 1 N–H and O–H groups in total. The molecule has 1 unspecified atom stereocenters. The van der Waals surface area contributed by atoms with Crippen LogP contribution in [0.1, 0.15) is 37.0 Å². The van der Waals surface area contributed by atoms with Gasteiger partial charge in [0.05, 0.1) is 4.90 Å². The second kappa shape index (κ2) is 6.72. The van der Waals surface area contributed by atoms with E-state index in [0.29, 0.717) is 4.47 Å². The van der Waals surface area contributed by atoms with Crippen LogP contribution >= 0.6 is 26.6 Å². The summed E-state index contributed by atoms with van der Waals surface area (Å²) in [5.41, 5.74) is 0.261. The van der Waals surface area contributed by atoms with E-state index in [1.165, 1.54) is 12.1 Å². The van der Waals surface area contributed by atoms with Gasteiger partial charge in [-0.05, 0) is 31.5 Å². The van der Waals surface area contributed by atoms with E-state index in [-0.39, 0.29) is 22.4 Å². The second-order valence-electron chi connectivity index (χ2n) is 4.28. The molecule has 0 aliphatic rings. The predicted octanol–water partition coefficient (Wildman–Crippen LogP) is 3.30. The standard InChI is InChI=1S/C12H15BrClNO3S/c1-3-4-8(2)15-12(16)9-5-10(13)7-11(6-9)19(14,17)18/h5-8H,3-4H2,1-2H3,(H,15,16). The van der Waals surface area contributed by atoms with Crippen LogP contribution in [0.4, 0.5) is 0 Å². The maximum atomic E-state index is 12.0. The smallest absolute Gasteiger partial charge is 0.261 e.